The molecule has 1 atom stereocenters. The van der Waals surface area contributed by atoms with Crippen LogP contribution in [0.5, 0.6) is 0 Å². The van der Waals surface area contributed by atoms with E-state index in [0.717, 1.165) is 11.9 Å². The molecule has 8 heavy (non-hydrogen) atoms. The normalized spacial score (nSPS) is 39.5. The van der Waals surface area contributed by atoms with Gasteiger partial charge in [0.25, 0.3) is 0 Å². The Balaban J connectivity index is 2.86. The van der Waals surface area contributed by atoms with Gasteiger partial charge in [-0.2, -0.15) is 0 Å². The molecule has 0 bridgehead atoms. The van der Waals surface area contributed by atoms with Crippen molar-refractivity contribution in [2.24, 2.45) is 4.40 Å². The molecule has 1 aliphatic rings. The van der Waals surface area contributed by atoms with Gasteiger partial charge in [0.2, 0.25) is 5.78 Å². The van der Waals surface area contributed by atoms with Crippen LogP contribution in [-0.2, 0) is 4.79 Å². The number of Topliss-reactive ketones (excluding diaryl/α,β-unsaturated/α-hetero) is 1. The van der Waals surface area contributed by atoms with Gasteiger partial charge in [-0.1, -0.05) is 11.6 Å². The smallest absolute Gasteiger partial charge is 0.207 e. The van der Waals surface area contributed by atoms with Crippen molar-refractivity contribution in [1.82, 2.24) is 0 Å². The maximum atomic E-state index is 10.8. The van der Waals surface area contributed by atoms with Gasteiger partial charge in [-0.15, -0.1) is 0 Å². The topological polar surface area (TPSA) is 29.4 Å². The van der Waals surface area contributed by atoms with Gasteiger partial charge in [-0.25, -0.2) is 4.40 Å². The van der Waals surface area contributed by atoms with Gasteiger partial charge in [-0.3, -0.25) is 4.79 Å². The van der Waals surface area contributed by atoms with Crippen molar-refractivity contribution < 1.29 is 6.17 Å². The number of nitrogens with zero attached hydrogens (tertiary/aromatic N) is 1. The van der Waals surface area contributed by atoms with Crippen molar-refractivity contribution in [1.29, 1.82) is 0 Å². The molecule has 0 N–H and O–H groups in total. The summed E-state index contributed by atoms with van der Waals surface area (Å²) in [5.41, 5.74) is 0. The molecule has 1 unspecified atom stereocenters. The summed E-state index contributed by atoms with van der Waals surface area (Å²) in [6.45, 7) is 1.53. The molecule has 2 nitrogen and oxygen atoms in total. The zero-order valence-electron chi connectivity index (χ0n) is 5.14. The fraction of sp³-hybridized carbons (Fsp3) is 0.500. The number of halogens is 1. The summed E-state index contributed by atoms with van der Waals surface area (Å²) in [7, 11) is 0. The van der Waals surface area contributed by atoms with Gasteiger partial charge in [0.1, 0.15) is 0 Å². The van der Waals surface area contributed by atoms with E-state index in [1.807, 2.05) is 0 Å². The first-order valence-corrected chi connectivity index (χ1v) is 3.15. The molecule has 0 aliphatic carbocycles. The Kier molecular flexibility index (Phi) is 1.05. The summed E-state index contributed by atoms with van der Waals surface area (Å²) >= 11 is 6.52. The average molecular weight is 151 g/mol. The maximum Gasteiger partial charge on any atom is 0.207 e. The molecule has 0 amide bonds. The van der Waals surface area contributed by atoms with Crippen molar-refractivity contribution >= 4 is 35.5 Å². The number of ketones is 1. The molecule has 0 aromatic heterocycles. The minimum Gasteiger partial charge on any atom is -0.290 e. The molecule has 0 spiro atoms. The van der Waals surface area contributed by atoms with Crippen LogP contribution < -0.4 is 0 Å². The molecule has 0 saturated heterocycles. The van der Waals surface area contributed by atoms with Gasteiger partial charge in [0.05, 0.1) is 7.56 Å². The summed E-state index contributed by atoms with van der Waals surface area (Å²) < 4.78 is 9.36. The van der Waals surface area contributed by atoms with E-state index in [9.17, 15) is 4.79 Å². The first-order valence-electron chi connectivity index (χ1n) is 2.50. The monoisotopic (exact) mass is 150 g/mol. The quantitative estimate of drug-likeness (QED) is 0.384. The highest BCUT2D eigenvalue weighted by molar-refractivity contribution is 8.02. The van der Waals surface area contributed by atoms with E-state index in [1.165, 1.54) is 6.92 Å². The molecule has 44 valence electrons. The predicted octanol–water partition coefficient (Wildman–Crippen LogP) is 1.24. The number of rotatable bonds is 0. The summed E-state index contributed by atoms with van der Waals surface area (Å²) in [4.78, 5) is 10.8. The summed E-state index contributed by atoms with van der Waals surface area (Å²) in [5.74, 6) is -0.408. The van der Waals surface area contributed by atoms with Gasteiger partial charge >= 0.3 is 0 Å². The van der Waals surface area contributed by atoms with Crippen LogP contribution in [0.1, 0.15) is 8.29 Å². The predicted molar refractivity (Wildman–Crippen MR) is 35.3 cm³/mol. The number of alkyl halides is 1. The number of hydrogen-bond acceptors (Lipinski definition) is 3. The van der Waals surface area contributed by atoms with Crippen LogP contribution in [-0.4, -0.2) is 16.2 Å². The van der Waals surface area contributed by atoms with E-state index in [2.05, 4.69) is 4.40 Å². The van der Waals surface area contributed by atoms with E-state index in [1.54, 1.807) is 0 Å². The number of carbonyl (C=O) groups is 1. The molecule has 1 heterocycles. The zero-order valence-corrected chi connectivity index (χ0v) is 5.71. The molecular formula is C4H4ClNOS. The lowest BCUT2D eigenvalue weighted by Crippen LogP contribution is -2.20. The second-order valence-electron chi connectivity index (χ2n) is 1.54. The van der Waals surface area contributed by atoms with Crippen molar-refractivity contribution in [2.45, 2.75) is 11.1 Å². The fourth-order valence-electron chi connectivity index (χ4n) is 0.291. The lowest BCUT2D eigenvalue weighted by atomic mass is 10.3. The van der Waals surface area contributed by atoms with Crippen LogP contribution in [0.15, 0.2) is 4.40 Å². The van der Waals surface area contributed by atoms with Crippen LogP contribution in [0.25, 0.3) is 0 Å². The largest absolute Gasteiger partial charge is 0.290 e. The highest BCUT2D eigenvalue weighted by atomic mass is 35.5. The Labute approximate surface area is 57.9 Å². The third kappa shape index (κ3) is 0.880. The summed E-state index contributed by atoms with van der Waals surface area (Å²) in [6, 6.07) is 0. The molecule has 0 radical (unpaired) electrons. The lowest BCUT2D eigenvalue weighted by Gasteiger charge is -2.05. The van der Waals surface area contributed by atoms with Gasteiger partial charge in [0.15, 0.2) is 4.21 Å². The molecule has 0 saturated carbocycles. The number of hydrogen-bond donors (Lipinski definition) is 0. The molecular weight excluding hydrogens is 146 g/mol. The second-order valence-corrected chi connectivity index (χ2v) is 3.70. The Morgan fingerprint density at radius 2 is 2.88 bits per heavy atom. The van der Waals surface area contributed by atoms with E-state index in [4.69, 9.17) is 13.0 Å². The Hall–Kier alpha value is -0.0200. The maximum absolute atomic E-state index is 10.8. The Morgan fingerprint density at radius 1 is 2.25 bits per heavy atom. The van der Waals surface area contributed by atoms with Crippen LogP contribution in [0.3, 0.4) is 0 Å². The van der Waals surface area contributed by atoms with E-state index >= 15 is 0 Å². The molecule has 0 fully saturated rings. The van der Waals surface area contributed by atoms with Gasteiger partial charge < -0.3 is 0 Å². The zero-order chi connectivity index (χ0) is 7.07. The van der Waals surface area contributed by atoms with Crippen molar-refractivity contribution in [3.05, 3.63) is 0 Å². The minimum absolute atomic E-state index is 0.238. The average Bonchev–Trinajstić information content (AvgIpc) is 1.97. The van der Waals surface area contributed by atoms with Crippen LogP contribution >= 0.6 is 23.5 Å². The highest BCUT2D eigenvalue weighted by Crippen LogP contribution is 2.34. The first kappa shape index (κ1) is 4.82. The Bertz CT molecular complexity index is 191. The lowest BCUT2D eigenvalue weighted by molar-refractivity contribution is -0.112. The number of carbonyl (C=O) groups excluding carboxylic acids is 1. The standard InChI is InChI=1S/C4H4ClNOS/c1-4(5)3(7)2-6-8-4/h2H,1H3/i2D. The summed E-state index contributed by atoms with van der Waals surface area (Å²) in [5, 5.41) is 0. The first-order chi connectivity index (χ1) is 4.04. The third-order valence-electron chi connectivity index (χ3n) is 0.770. The molecule has 0 aromatic carbocycles. The van der Waals surface area contributed by atoms with Crippen LogP contribution in [0, 0.1) is 0 Å². The van der Waals surface area contributed by atoms with Gasteiger partial charge in [0, 0.05) is 11.9 Å². The van der Waals surface area contributed by atoms with E-state index in [0.29, 0.717) is 0 Å². The SMILES string of the molecule is [2H]C1=NSC(C)(Cl)C1=O. The van der Waals surface area contributed by atoms with Crippen molar-refractivity contribution in [3.63, 3.8) is 0 Å². The Morgan fingerprint density at radius 3 is 3.00 bits per heavy atom. The molecule has 0 aromatic rings. The van der Waals surface area contributed by atoms with Crippen LogP contribution in [0.2, 0.25) is 0 Å². The third-order valence-corrected chi connectivity index (χ3v) is 1.86. The molecule has 1 aliphatic heterocycles. The fourth-order valence-corrected chi connectivity index (χ4v) is 0.866. The molecule has 1 rings (SSSR count). The van der Waals surface area contributed by atoms with E-state index < -0.39 is 9.99 Å². The van der Waals surface area contributed by atoms with E-state index in [-0.39, 0.29) is 6.19 Å². The van der Waals surface area contributed by atoms with Gasteiger partial charge in [-0.05, 0) is 6.92 Å². The van der Waals surface area contributed by atoms with Crippen molar-refractivity contribution in [2.75, 3.05) is 0 Å². The van der Waals surface area contributed by atoms with Crippen molar-refractivity contribution in [3.8, 4) is 0 Å². The van der Waals surface area contributed by atoms with Crippen LogP contribution in [0.4, 0.5) is 0 Å². The highest BCUT2D eigenvalue weighted by Gasteiger charge is 2.34. The summed E-state index contributed by atoms with van der Waals surface area (Å²) in [6.07, 6.45) is -0.238. The second kappa shape index (κ2) is 1.74. The molecule has 4 heteroatoms. The minimum atomic E-state index is -1.02.